The van der Waals surface area contributed by atoms with Crippen LogP contribution in [-0.4, -0.2) is 51.2 Å². The van der Waals surface area contributed by atoms with Crippen molar-refractivity contribution in [3.8, 4) is 11.5 Å². The first kappa shape index (κ1) is 28.7. The van der Waals surface area contributed by atoms with Crippen LogP contribution in [0.2, 0.25) is 0 Å². The van der Waals surface area contributed by atoms with Crippen LogP contribution >= 0.6 is 8.58 Å². The average Bonchev–Trinajstić information content (AvgIpc) is 2.68. The summed E-state index contributed by atoms with van der Waals surface area (Å²) < 4.78 is 22.1. The van der Waals surface area contributed by atoms with E-state index < -0.39 is 12.6 Å². The second-order valence-electron chi connectivity index (χ2n) is 8.69. The summed E-state index contributed by atoms with van der Waals surface area (Å²) in [6.45, 7) is 14.2. The molecule has 0 aromatic heterocycles. The Morgan fingerprint density at radius 1 is 0.906 bits per heavy atom. The number of hydrogen-bond donors (Lipinski definition) is 0. The number of aryl methyl sites for hydroxylation is 2. The molecular formula is C25H36LiO5P. The van der Waals surface area contributed by atoms with Gasteiger partial charge in [-0.15, -0.1) is 0 Å². The fraction of sp³-hybridized carbons (Fsp3) is 0.480. The molecule has 5 nitrogen and oxygen atoms in total. The van der Waals surface area contributed by atoms with Crippen molar-refractivity contribution in [2.75, 3.05) is 14.2 Å². The molecule has 3 atom stereocenters. The zero-order valence-electron chi connectivity index (χ0n) is 20.1. The van der Waals surface area contributed by atoms with E-state index in [0.717, 1.165) is 22.0 Å². The van der Waals surface area contributed by atoms with Gasteiger partial charge in [0.1, 0.15) is 11.5 Å². The Hall–Kier alpha value is -1.34. The summed E-state index contributed by atoms with van der Waals surface area (Å²) in [5.74, 6) is 1.18. The van der Waals surface area contributed by atoms with Crippen LogP contribution in [0.3, 0.4) is 0 Å². The van der Waals surface area contributed by atoms with Crippen LogP contribution in [0, 0.1) is 13.8 Å². The fourth-order valence-electron chi connectivity index (χ4n) is 3.18. The van der Waals surface area contributed by atoms with Gasteiger partial charge in [0.2, 0.25) is 0 Å². The molecule has 32 heavy (non-hydrogen) atoms. The number of benzene rings is 2. The topological polar surface area (TPSA) is 54.0 Å². The third-order valence-electron chi connectivity index (χ3n) is 5.09. The van der Waals surface area contributed by atoms with Crippen molar-refractivity contribution in [1.29, 1.82) is 0 Å². The molecule has 3 unspecified atom stereocenters. The van der Waals surface area contributed by atoms with E-state index in [2.05, 4.69) is 32.9 Å². The number of ether oxygens (including phenoxy) is 4. The van der Waals surface area contributed by atoms with Crippen molar-refractivity contribution in [3.05, 3.63) is 52.6 Å². The van der Waals surface area contributed by atoms with E-state index in [1.807, 2.05) is 32.9 Å². The van der Waals surface area contributed by atoms with Gasteiger partial charge in [-0.2, -0.15) is 0 Å². The molecule has 0 saturated carbocycles. The molecule has 0 spiro atoms. The van der Waals surface area contributed by atoms with Crippen LogP contribution in [-0.2, 0) is 14.9 Å². The summed E-state index contributed by atoms with van der Waals surface area (Å²) in [5, 5.41) is 0.810. The van der Waals surface area contributed by atoms with Gasteiger partial charge in [0.25, 0.3) is 0 Å². The third-order valence-corrected chi connectivity index (χ3v) is 6.25. The van der Waals surface area contributed by atoms with Crippen molar-refractivity contribution in [2.24, 2.45) is 0 Å². The molecule has 0 aliphatic rings. The SMILES string of the molecule is COC(C)Oc1ccc(PC(=O)c2c(C)cc(C(C)(C)C)cc2C)c(OC(C)OC)c1.[LiH]. The fourth-order valence-corrected chi connectivity index (χ4v) is 4.37. The van der Waals surface area contributed by atoms with Crippen LogP contribution in [0.5, 0.6) is 11.5 Å². The molecule has 0 radical (unpaired) electrons. The molecule has 0 amide bonds. The Morgan fingerprint density at radius 3 is 1.94 bits per heavy atom. The number of hydrogen-bond acceptors (Lipinski definition) is 5. The monoisotopic (exact) mass is 454 g/mol. The maximum atomic E-state index is 13.3. The van der Waals surface area contributed by atoms with E-state index in [1.165, 1.54) is 5.56 Å². The minimum atomic E-state index is -0.455. The minimum absolute atomic E-state index is 0. The molecule has 7 heteroatoms. The number of carbonyl (C=O) groups excluding carboxylic acids is 1. The molecule has 2 aromatic carbocycles. The van der Waals surface area contributed by atoms with Gasteiger partial charge in [0, 0.05) is 31.2 Å². The van der Waals surface area contributed by atoms with Crippen LogP contribution in [0.25, 0.3) is 0 Å². The zero-order valence-corrected chi connectivity index (χ0v) is 21.1. The Labute approximate surface area is 206 Å². The van der Waals surface area contributed by atoms with Gasteiger partial charge in [-0.3, -0.25) is 4.79 Å². The number of rotatable bonds is 9. The van der Waals surface area contributed by atoms with Gasteiger partial charge in [-0.05, 0) is 70.5 Å². The van der Waals surface area contributed by atoms with Gasteiger partial charge in [0.05, 0.1) is 0 Å². The van der Waals surface area contributed by atoms with E-state index in [9.17, 15) is 4.79 Å². The first-order valence-corrected chi connectivity index (χ1v) is 11.4. The molecule has 0 aliphatic carbocycles. The standard InChI is InChI=1S/C25H35O5P.Li.H/c1-15-12-19(25(5,6)7)13-16(2)23(15)24(26)31-22-11-10-20(29-17(3)27-8)14-21(22)30-18(4)28-9;;/h10-14,17-18,31H,1-9H3;;. The molecule has 2 aromatic rings. The van der Waals surface area contributed by atoms with Gasteiger partial charge in [-0.1, -0.05) is 32.9 Å². The summed E-state index contributed by atoms with van der Waals surface area (Å²) in [6.07, 6.45) is -0.849. The summed E-state index contributed by atoms with van der Waals surface area (Å²) in [5.41, 5.74) is 4.14. The quantitative estimate of drug-likeness (QED) is 0.308. The van der Waals surface area contributed by atoms with E-state index in [4.69, 9.17) is 18.9 Å². The van der Waals surface area contributed by atoms with Gasteiger partial charge >= 0.3 is 18.9 Å². The van der Waals surface area contributed by atoms with Gasteiger partial charge in [-0.25, -0.2) is 0 Å². The van der Waals surface area contributed by atoms with Crippen LogP contribution in [0.4, 0.5) is 0 Å². The van der Waals surface area contributed by atoms with E-state index in [0.29, 0.717) is 11.5 Å². The molecule has 0 N–H and O–H groups in total. The van der Waals surface area contributed by atoms with Crippen LogP contribution in [0.15, 0.2) is 30.3 Å². The zero-order chi connectivity index (χ0) is 23.3. The summed E-state index contributed by atoms with van der Waals surface area (Å²) in [7, 11) is 3.08. The van der Waals surface area contributed by atoms with E-state index in [1.54, 1.807) is 27.2 Å². The molecule has 0 bridgehead atoms. The number of methoxy groups -OCH3 is 2. The summed E-state index contributed by atoms with van der Waals surface area (Å²) in [6, 6.07) is 9.73. The van der Waals surface area contributed by atoms with Crippen molar-refractivity contribution in [3.63, 3.8) is 0 Å². The Kier molecular flexibility index (Phi) is 10.9. The molecule has 2 rings (SSSR count). The third kappa shape index (κ3) is 7.61. The second kappa shape index (κ2) is 12.2. The Morgan fingerprint density at radius 2 is 1.44 bits per heavy atom. The first-order valence-electron chi connectivity index (χ1n) is 10.4. The maximum absolute atomic E-state index is 13.3. The molecular weight excluding hydrogens is 418 g/mol. The summed E-state index contributed by atoms with van der Waals surface area (Å²) >= 11 is 0. The Balaban J connectivity index is 0.00000512. The molecule has 0 aliphatic heterocycles. The van der Waals surface area contributed by atoms with E-state index >= 15 is 0 Å². The van der Waals surface area contributed by atoms with Crippen molar-refractivity contribution < 1.29 is 23.7 Å². The number of carbonyl (C=O) groups is 1. The van der Waals surface area contributed by atoms with Crippen LogP contribution in [0.1, 0.15) is 61.7 Å². The average molecular weight is 454 g/mol. The van der Waals surface area contributed by atoms with Crippen molar-refractivity contribution in [2.45, 2.75) is 66.5 Å². The predicted molar refractivity (Wildman–Crippen MR) is 135 cm³/mol. The molecule has 0 saturated heterocycles. The van der Waals surface area contributed by atoms with Gasteiger partial charge < -0.3 is 18.9 Å². The predicted octanol–water partition coefficient (Wildman–Crippen LogP) is 4.84. The molecule has 0 heterocycles. The Bertz CT molecular complexity index is 900. The second-order valence-corrected chi connectivity index (χ2v) is 9.93. The molecule has 0 fully saturated rings. The van der Waals surface area contributed by atoms with E-state index in [-0.39, 0.29) is 38.4 Å². The normalized spacial score (nSPS) is 13.5. The van der Waals surface area contributed by atoms with Crippen molar-refractivity contribution >= 4 is 38.3 Å². The molecule has 172 valence electrons. The van der Waals surface area contributed by atoms with Gasteiger partial charge in [0.15, 0.2) is 18.1 Å². The first-order chi connectivity index (χ1) is 14.5. The van der Waals surface area contributed by atoms with Crippen molar-refractivity contribution in [1.82, 2.24) is 0 Å². The van der Waals surface area contributed by atoms with Crippen LogP contribution < -0.4 is 14.8 Å². The summed E-state index contributed by atoms with van der Waals surface area (Å²) in [4.78, 5) is 13.3.